The highest BCUT2D eigenvalue weighted by Gasteiger charge is 2.18. The molecule has 1 atom stereocenters. The predicted octanol–water partition coefficient (Wildman–Crippen LogP) is 3.11. The van der Waals surface area contributed by atoms with Gasteiger partial charge in [-0.3, -0.25) is 0 Å². The van der Waals surface area contributed by atoms with Crippen molar-refractivity contribution in [2.45, 2.75) is 13.0 Å². The zero-order valence-corrected chi connectivity index (χ0v) is 14.9. The fourth-order valence-electron chi connectivity index (χ4n) is 2.78. The van der Waals surface area contributed by atoms with Crippen LogP contribution in [0.3, 0.4) is 0 Å². The van der Waals surface area contributed by atoms with Crippen LogP contribution in [0.1, 0.15) is 5.82 Å². The number of thiophene rings is 1. The van der Waals surface area contributed by atoms with E-state index in [0.29, 0.717) is 13.2 Å². The highest BCUT2D eigenvalue weighted by molar-refractivity contribution is 7.17. The van der Waals surface area contributed by atoms with Gasteiger partial charge in [0.15, 0.2) is 0 Å². The topological polar surface area (TPSA) is 58.5 Å². The summed E-state index contributed by atoms with van der Waals surface area (Å²) in [7, 11) is 3.52. The maximum absolute atomic E-state index is 10.1. The third-order valence-electron chi connectivity index (χ3n) is 3.82. The number of likely N-dealkylation sites (N-methyl/N-ethyl adjacent to an activating group) is 1. The number of ether oxygens (including phenoxy) is 1. The van der Waals surface area contributed by atoms with Crippen molar-refractivity contribution in [1.29, 1.82) is 0 Å². The molecule has 24 heavy (non-hydrogen) atoms. The van der Waals surface area contributed by atoms with Gasteiger partial charge in [0.2, 0.25) is 0 Å². The highest BCUT2D eigenvalue weighted by Crippen LogP contribution is 2.37. The number of fused-ring (bicyclic) bond motifs is 1. The SMILES string of the molecule is COCC(O)CN(C)c1nc(C)nc2scc(-c3ccccc3)c12. The number of aliphatic hydroxyl groups is 1. The molecule has 0 aliphatic carbocycles. The molecule has 2 heterocycles. The van der Waals surface area contributed by atoms with Crippen molar-refractivity contribution in [3.63, 3.8) is 0 Å². The van der Waals surface area contributed by atoms with E-state index in [9.17, 15) is 5.11 Å². The molecule has 1 aromatic carbocycles. The Kier molecular flexibility index (Phi) is 5.08. The summed E-state index contributed by atoms with van der Waals surface area (Å²) in [5.41, 5.74) is 2.27. The molecule has 2 aromatic heterocycles. The Hall–Kier alpha value is -2.02. The number of anilines is 1. The van der Waals surface area contributed by atoms with Gasteiger partial charge in [-0.2, -0.15) is 0 Å². The highest BCUT2D eigenvalue weighted by atomic mass is 32.1. The van der Waals surface area contributed by atoms with Crippen LogP contribution in [-0.4, -0.2) is 48.5 Å². The van der Waals surface area contributed by atoms with E-state index in [1.54, 1.807) is 18.4 Å². The minimum absolute atomic E-state index is 0.298. The lowest BCUT2D eigenvalue weighted by atomic mass is 10.1. The largest absolute Gasteiger partial charge is 0.389 e. The van der Waals surface area contributed by atoms with E-state index in [2.05, 4.69) is 27.5 Å². The van der Waals surface area contributed by atoms with Crippen molar-refractivity contribution >= 4 is 27.4 Å². The van der Waals surface area contributed by atoms with Gasteiger partial charge in [-0.1, -0.05) is 30.3 Å². The first-order valence-electron chi connectivity index (χ1n) is 7.79. The molecule has 1 unspecified atom stereocenters. The van der Waals surface area contributed by atoms with E-state index in [-0.39, 0.29) is 0 Å². The van der Waals surface area contributed by atoms with E-state index in [1.807, 2.05) is 37.1 Å². The van der Waals surface area contributed by atoms with Crippen LogP contribution in [-0.2, 0) is 4.74 Å². The number of methoxy groups -OCH3 is 1. The van der Waals surface area contributed by atoms with E-state index < -0.39 is 6.10 Å². The second-order valence-electron chi connectivity index (χ2n) is 5.78. The molecule has 126 valence electrons. The summed E-state index contributed by atoms with van der Waals surface area (Å²) >= 11 is 1.62. The summed E-state index contributed by atoms with van der Waals surface area (Å²) in [6.07, 6.45) is -0.566. The van der Waals surface area contributed by atoms with Crippen molar-refractivity contribution in [3.05, 3.63) is 41.5 Å². The Labute approximate surface area is 145 Å². The lowest BCUT2D eigenvalue weighted by Crippen LogP contribution is -2.32. The molecular weight excluding hydrogens is 322 g/mol. The summed E-state index contributed by atoms with van der Waals surface area (Å²) in [5, 5.41) is 13.2. The zero-order valence-electron chi connectivity index (χ0n) is 14.1. The molecule has 3 aromatic rings. The maximum Gasteiger partial charge on any atom is 0.141 e. The summed E-state index contributed by atoms with van der Waals surface area (Å²) in [4.78, 5) is 12.2. The van der Waals surface area contributed by atoms with Crippen LogP contribution in [0.15, 0.2) is 35.7 Å². The predicted molar refractivity (Wildman–Crippen MR) is 98.7 cm³/mol. The average Bonchev–Trinajstić information content (AvgIpc) is 2.98. The summed E-state index contributed by atoms with van der Waals surface area (Å²) in [5.74, 6) is 1.57. The zero-order chi connectivity index (χ0) is 17.1. The number of aryl methyl sites for hydroxylation is 1. The molecule has 0 bridgehead atoms. The molecule has 0 aliphatic rings. The smallest absolute Gasteiger partial charge is 0.141 e. The second-order valence-corrected chi connectivity index (χ2v) is 6.64. The number of hydrogen-bond donors (Lipinski definition) is 1. The van der Waals surface area contributed by atoms with Crippen LogP contribution >= 0.6 is 11.3 Å². The number of aliphatic hydroxyl groups excluding tert-OH is 1. The maximum atomic E-state index is 10.1. The van der Waals surface area contributed by atoms with E-state index in [0.717, 1.165) is 33.0 Å². The molecule has 0 spiro atoms. The van der Waals surface area contributed by atoms with Gasteiger partial charge in [0.05, 0.1) is 18.1 Å². The Morgan fingerprint density at radius 3 is 2.71 bits per heavy atom. The lowest BCUT2D eigenvalue weighted by Gasteiger charge is -2.22. The molecule has 0 amide bonds. The third kappa shape index (κ3) is 3.40. The van der Waals surface area contributed by atoms with Crippen molar-refractivity contribution in [1.82, 2.24) is 9.97 Å². The van der Waals surface area contributed by atoms with E-state index in [1.165, 1.54) is 0 Å². The molecule has 5 nitrogen and oxygen atoms in total. The lowest BCUT2D eigenvalue weighted by molar-refractivity contribution is 0.0694. The fourth-order valence-corrected chi connectivity index (χ4v) is 3.77. The van der Waals surface area contributed by atoms with Crippen LogP contribution in [0.2, 0.25) is 0 Å². The van der Waals surface area contributed by atoms with Crippen LogP contribution < -0.4 is 4.90 Å². The fraction of sp³-hybridized carbons (Fsp3) is 0.333. The van der Waals surface area contributed by atoms with Crippen molar-refractivity contribution in [3.8, 4) is 11.1 Å². The van der Waals surface area contributed by atoms with Gasteiger partial charge in [0.25, 0.3) is 0 Å². The summed E-state index contributed by atoms with van der Waals surface area (Å²) < 4.78 is 5.02. The Balaban J connectivity index is 2.07. The molecule has 6 heteroatoms. The molecular formula is C18H21N3O2S. The molecule has 0 fully saturated rings. The third-order valence-corrected chi connectivity index (χ3v) is 4.69. The van der Waals surface area contributed by atoms with Crippen molar-refractivity contribution < 1.29 is 9.84 Å². The first-order chi connectivity index (χ1) is 11.6. The van der Waals surface area contributed by atoms with Crippen molar-refractivity contribution in [2.24, 2.45) is 0 Å². The Bertz CT molecular complexity index is 820. The number of aromatic nitrogens is 2. The Morgan fingerprint density at radius 2 is 2.00 bits per heavy atom. The number of hydrogen-bond acceptors (Lipinski definition) is 6. The molecule has 0 saturated carbocycles. The first-order valence-corrected chi connectivity index (χ1v) is 8.67. The molecule has 1 N–H and O–H groups in total. The molecule has 0 radical (unpaired) electrons. The van der Waals surface area contributed by atoms with Gasteiger partial charge in [-0.25, -0.2) is 9.97 Å². The summed E-state index contributed by atoms with van der Waals surface area (Å²) in [6, 6.07) is 10.2. The number of rotatable bonds is 6. The summed E-state index contributed by atoms with van der Waals surface area (Å²) in [6.45, 7) is 2.64. The van der Waals surface area contributed by atoms with Gasteiger partial charge >= 0.3 is 0 Å². The quantitative estimate of drug-likeness (QED) is 0.745. The van der Waals surface area contributed by atoms with Gasteiger partial charge < -0.3 is 14.7 Å². The van der Waals surface area contributed by atoms with Crippen LogP contribution in [0.25, 0.3) is 21.3 Å². The molecule has 3 rings (SSSR count). The first kappa shape index (κ1) is 16.8. The van der Waals surface area contributed by atoms with Gasteiger partial charge in [-0.05, 0) is 12.5 Å². The second kappa shape index (κ2) is 7.25. The van der Waals surface area contributed by atoms with E-state index >= 15 is 0 Å². The molecule has 0 aliphatic heterocycles. The van der Waals surface area contributed by atoms with Crippen LogP contribution in [0, 0.1) is 6.92 Å². The number of nitrogens with zero attached hydrogens (tertiary/aromatic N) is 3. The molecule has 0 saturated heterocycles. The van der Waals surface area contributed by atoms with E-state index in [4.69, 9.17) is 4.74 Å². The van der Waals surface area contributed by atoms with Crippen molar-refractivity contribution in [2.75, 3.05) is 32.2 Å². The average molecular weight is 343 g/mol. The normalized spacial score (nSPS) is 12.5. The minimum atomic E-state index is -0.566. The van der Waals surface area contributed by atoms with Crippen LogP contribution in [0.5, 0.6) is 0 Å². The standard InChI is InChI=1S/C18H21N3O2S/c1-12-19-17(21(2)9-14(22)10-23-3)16-15(11-24-18(16)20-12)13-7-5-4-6-8-13/h4-8,11,14,22H,9-10H2,1-3H3. The van der Waals surface area contributed by atoms with Crippen LogP contribution in [0.4, 0.5) is 5.82 Å². The van der Waals surface area contributed by atoms with Gasteiger partial charge in [0.1, 0.15) is 16.5 Å². The van der Waals surface area contributed by atoms with Gasteiger partial charge in [-0.15, -0.1) is 11.3 Å². The number of benzene rings is 1. The monoisotopic (exact) mass is 343 g/mol. The Morgan fingerprint density at radius 1 is 1.25 bits per heavy atom. The minimum Gasteiger partial charge on any atom is -0.389 e. The van der Waals surface area contributed by atoms with Gasteiger partial charge in [0, 0.05) is 31.6 Å².